The summed E-state index contributed by atoms with van der Waals surface area (Å²) in [5.74, 6) is 1.20. The molecule has 1 saturated heterocycles. The van der Waals surface area contributed by atoms with Crippen LogP contribution in [0.5, 0.6) is 11.5 Å². The van der Waals surface area contributed by atoms with Gasteiger partial charge in [-0.3, -0.25) is 9.59 Å². The van der Waals surface area contributed by atoms with Crippen molar-refractivity contribution in [2.24, 2.45) is 0 Å². The van der Waals surface area contributed by atoms with E-state index in [-0.39, 0.29) is 30.4 Å². The first kappa shape index (κ1) is 25.2. The highest BCUT2D eigenvalue weighted by Crippen LogP contribution is 2.49. The fourth-order valence-corrected chi connectivity index (χ4v) is 5.96. The second kappa shape index (κ2) is 9.77. The van der Waals surface area contributed by atoms with Gasteiger partial charge in [-0.15, -0.1) is 0 Å². The number of benzene rings is 2. The van der Waals surface area contributed by atoms with E-state index in [1.165, 1.54) is 0 Å². The van der Waals surface area contributed by atoms with Crippen LogP contribution in [0.4, 0.5) is 0 Å². The van der Waals surface area contributed by atoms with Crippen LogP contribution in [-0.4, -0.2) is 59.4 Å². The first-order valence-corrected chi connectivity index (χ1v) is 13.3. The van der Waals surface area contributed by atoms with Gasteiger partial charge in [-0.25, -0.2) is 0 Å². The molecule has 196 valence electrons. The third-order valence-electron chi connectivity index (χ3n) is 7.80. The average molecular weight is 504 g/mol. The number of methoxy groups -OCH3 is 1. The van der Waals surface area contributed by atoms with Crippen LogP contribution in [0.15, 0.2) is 42.5 Å². The number of hydrogen-bond acceptors (Lipinski definition) is 4. The number of para-hydroxylation sites is 1. The van der Waals surface area contributed by atoms with Crippen LogP contribution >= 0.6 is 0 Å². The summed E-state index contributed by atoms with van der Waals surface area (Å²) in [6.45, 7) is 9.17. The number of carbonyl (C=O) groups is 2. The van der Waals surface area contributed by atoms with Crippen molar-refractivity contribution in [1.29, 1.82) is 0 Å². The summed E-state index contributed by atoms with van der Waals surface area (Å²) in [4.78, 5) is 34.7. The van der Waals surface area contributed by atoms with Crippen molar-refractivity contribution >= 4 is 22.7 Å². The smallest absolute Gasteiger partial charge is 0.254 e. The number of piperazine rings is 1. The lowest BCUT2D eigenvalue weighted by molar-refractivity contribution is -0.166. The molecule has 0 unspecified atom stereocenters. The van der Waals surface area contributed by atoms with Gasteiger partial charge in [0.2, 0.25) is 5.91 Å². The van der Waals surface area contributed by atoms with E-state index in [2.05, 4.69) is 18.0 Å². The predicted molar refractivity (Wildman–Crippen MR) is 144 cm³/mol. The number of aromatic nitrogens is 1. The van der Waals surface area contributed by atoms with Gasteiger partial charge in [0.1, 0.15) is 0 Å². The Balaban J connectivity index is 1.64. The summed E-state index contributed by atoms with van der Waals surface area (Å²) in [7, 11) is 1.64. The topological polar surface area (TPSA) is 74.9 Å². The molecular weight excluding hydrogens is 466 g/mol. The van der Waals surface area contributed by atoms with Gasteiger partial charge in [-0.05, 0) is 56.5 Å². The Bertz CT molecular complexity index is 1330. The number of hydrogen-bond donors (Lipinski definition) is 1. The van der Waals surface area contributed by atoms with Gasteiger partial charge in [0.15, 0.2) is 17.0 Å². The number of fused-ring (bicyclic) bond motifs is 5. The van der Waals surface area contributed by atoms with Crippen LogP contribution in [0.1, 0.15) is 69.7 Å². The number of aromatic amines is 1. The molecule has 1 N–H and O–H groups in total. The highest BCUT2D eigenvalue weighted by atomic mass is 16.5. The largest absolute Gasteiger partial charge is 0.493 e. The lowest BCUT2D eigenvalue weighted by Crippen LogP contribution is -2.67. The predicted octanol–water partition coefficient (Wildman–Crippen LogP) is 5.19. The zero-order valence-electron chi connectivity index (χ0n) is 22.5. The molecule has 3 heterocycles. The van der Waals surface area contributed by atoms with Crippen molar-refractivity contribution in [2.45, 2.75) is 64.5 Å². The number of nitrogens with one attached hydrogen (secondary N) is 1. The molecule has 0 radical (unpaired) electrons. The number of nitrogens with zero attached hydrogens (tertiary/aromatic N) is 2. The molecule has 2 aromatic carbocycles. The zero-order chi connectivity index (χ0) is 26.3. The van der Waals surface area contributed by atoms with E-state index in [4.69, 9.17) is 9.47 Å². The summed E-state index contributed by atoms with van der Waals surface area (Å²) in [6.07, 6.45) is 3.03. The number of ether oxygens (including phenoxy) is 2. The monoisotopic (exact) mass is 503 g/mol. The van der Waals surface area contributed by atoms with E-state index in [1.807, 2.05) is 57.2 Å². The van der Waals surface area contributed by atoms with Crippen LogP contribution in [0.25, 0.3) is 10.9 Å². The number of carbonyl (C=O) groups excluding carboxylic acids is 2. The molecule has 1 aromatic heterocycles. The molecule has 3 aromatic rings. The maximum atomic E-state index is 14.0. The van der Waals surface area contributed by atoms with Crippen molar-refractivity contribution in [1.82, 2.24) is 14.8 Å². The molecule has 7 heteroatoms. The van der Waals surface area contributed by atoms with E-state index in [0.29, 0.717) is 24.6 Å². The third-order valence-corrected chi connectivity index (χ3v) is 7.80. The highest BCUT2D eigenvalue weighted by Gasteiger charge is 2.56. The molecule has 5 rings (SSSR count). The SMILES string of the molecule is CCCCCN1CC(=O)N2C[C@H](c3ccc(OC(C)C)c(OC)c3)c3c([nH]c4ccccc34)[C@@]2(C)C1=O. The second-order valence-corrected chi connectivity index (χ2v) is 10.6. The molecule has 7 nitrogen and oxygen atoms in total. The standard InChI is InChI=1S/C30H37N3O4/c1-6-7-10-15-32-18-26(34)33-17-22(20-13-14-24(37-19(2)3)25(16-20)36-5)27-21-11-8-9-12-23(21)31-28(27)30(33,4)29(32)35/h8-9,11-14,16,19,22,31H,6-7,10,15,17-18H2,1-5H3/t22-,30+/m1/s1. The summed E-state index contributed by atoms with van der Waals surface area (Å²) in [5, 5.41) is 1.08. The van der Waals surface area contributed by atoms with Crippen LogP contribution in [0, 0.1) is 0 Å². The van der Waals surface area contributed by atoms with Crippen molar-refractivity contribution in [3.63, 3.8) is 0 Å². The fraction of sp³-hybridized carbons (Fsp3) is 0.467. The molecule has 0 saturated carbocycles. The third kappa shape index (κ3) is 4.14. The Morgan fingerprint density at radius 2 is 1.89 bits per heavy atom. The van der Waals surface area contributed by atoms with Gasteiger partial charge in [-0.1, -0.05) is 44.0 Å². The number of rotatable bonds is 8. The second-order valence-electron chi connectivity index (χ2n) is 10.6. The minimum atomic E-state index is -1.07. The fourth-order valence-electron chi connectivity index (χ4n) is 5.96. The molecule has 2 aliphatic heterocycles. The summed E-state index contributed by atoms with van der Waals surface area (Å²) >= 11 is 0. The lowest BCUT2D eigenvalue weighted by atomic mass is 9.76. The molecule has 0 bridgehead atoms. The minimum Gasteiger partial charge on any atom is -0.493 e. The summed E-state index contributed by atoms with van der Waals surface area (Å²) < 4.78 is 11.6. The Morgan fingerprint density at radius 3 is 2.62 bits per heavy atom. The van der Waals surface area contributed by atoms with E-state index in [1.54, 1.807) is 16.9 Å². The minimum absolute atomic E-state index is 0.00674. The molecule has 0 spiro atoms. The van der Waals surface area contributed by atoms with Crippen LogP contribution in [-0.2, 0) is 15.1 Å². The van der Waals surface area contributed by atoms with Crippen molar-refractivity contribution in [2.75, 3.05) is 26.7 Å². The highest BCUT2D eigenvalue weighted by molar-refractivity contribution is 6.01. The maximum Gasteiger partial charge on any atom is 0.254 e. The van der Waals surface area contributed by atoms with E-state index >= 15 is 0 Å². The molecule has 2 amide bonds. The van der Waals surface area contributed by atoms with E-state index in [9.17, 15) is 9.59 Å². The van der Waals surface area contributed by atoms with Gasteiger partial charge < -0.3 is 24.3 Å². The van der Waals surface area contributed by atoms with Crippen LogP contribution in [0.3, 0.4) is 0 Å². The molecule has 2 aliphatic rings. The summed E-state index contributed by atoms with van der Waals surface area (Å²) in [5.41, 5.74) is 2.80. The Hall–Kier alpha value is -3.48. The van der Waals surface area contributed by atoms with Crippen LogP contribution in [0.2, 0.25) is 0 Å². The number of unbranched alkanes of at least 4 members (excludes halogenated alkanes) is 2. The maximum absolute atomic E-state index is 14.0. The van der Waals surface area contributed by atoms with Gasteiger partial charge >= 0.3 is 0 Å². The van der Waals surface area contributed by atoms with Crippen LogP contribution < -0.4 is 9.47 Å². The molecule has 37 heavy (non-hydrogen) atoms. The van der Waals surface area contributed by atoms with Crippen molar-refractivity contribution in [3.8, 4) is 11.5 Å². The van der Waals surface area contributed by atoms with Crippen molar-refractivity contribution < 1.29 is 19.1 Å². The zero-order valence-corrected chi connectivity index (χ0v) is 22.5. The molecular formula is C30H37N3O4. The molecule has 2 atom stereocenters. The van der Waals surface area contributed by atoms with Gasteiger partial charge in [0.05, 0.1) is 25.5 Å². The Labute approximate surface area is 218 Å². The first-order valence-electron chi connectivity index (χ1n) is 13.3. The Morgan fingerprint density at radius 1 is 1.11 bits per heavy atom. The molecule has 0 aliphatic carbocycles. The van der Waals surface area contributed by atoms with Gasteiger partial charge in [0.25, 0.3) is 5.91 Å². The first-order chi connectivity index (χ1) is 17.8. The Kier molecular flexibility index (Phi) is 6.65. The normalized spacial score (nSPS) is 21.4. The van der Waals surface area contributed by atoms with Gasteiger partial charge in [-0.2, -0.15) is 0 Å². The molecule has 1 fully saturated rings. The van der Waals surface area contributed by atoms with Gasteiger partial charge in [0, 0.05) is 29.9 Å². The quantitative estimate of drug-likeness (QED) is 0.430. The van der Waals surface area contributed by atoms with E-state index in [0.717, 1.165) is 47.0 Å². The number of amides is 2. The average Bonchev–Trinajstić information content (AvgIpc) is 3.28. The number of H-pyrrole nitrogens is 1. The van der Waals surface area contributed by atoms with Crippen molar-refractivity contribution in [3.05, 3.63) is 59.3 Å². The lowest BCUT2D eigenvalue weighted by Gasteiger charge is -2.51. The summed E-state index contributed by atoms with van der Waals surface area (Å²) in [6, 6.07) is 14.1. The van der Waals surface area contributed by atoms with E-state index < -0.39 is 5.54 Å².